The van der Waals surface area contributed by atoms with Crippen LogP contribution in [0.4, 0.5) is 5.69 Å². The minimum absolute atomic E-state index is 0.117. The number of para-hydroxylation sites is 1. The zero-order valence-corrected chi connectivity index (χ0v) is 11.9. The number of carbonyl (C=O) groups excluding carboxylic acids is 1. The monoisotopic (exact) mass is 290 g/mol. The maximum absolute atomic E-state index is 12.4. The molecule has 2 aliphatic rings. The molecule has 0 spiro atoms. The minimum atomic E-state index is -0.117. The van der Waals surface area contributed by atoms with Gasteiger partial charge in [0.05, 0.1) is 12.2 Å². The first kappa shape index (κ1) is 12.8. The van der Waals surface area contributed by atoms with Crippen LogP contribution in [-0.2, 0) is 0 Å². The lowest BCUT2D eigenvalue weighted by atomic mass is 10.1. The molecule has 0 aliphatic carbocycles. The van der Waals surface area contributed by atoms with Gasteiger partial charge in [0.1, 0.15) is 17.4 Å². The molecule has 108 valence electrons. The van der Waals surface area contributed by atoms with Crippen molar-refractivity contribution in [3.63, 3.8) is 0 Å². The van der Waals surface area contributed by atoms with Crippen LogP contribution in [0.3, 0.4) is 0 Å². The van der Waals surface area contributed by atoms with Gasteiger partial charge in [0.15, 0.2) is 0 Å². The van der Waals surface area contributed by atoms with Crippen molar-refractivity contribution in [2.45, 2.75) is 0 Å². The summed E-state index contributed by atoms with van der Waals surface area (Å²) in [5.74, 6) is 1.56. The van der Waals surface area contributed by atoms with Crippen molar-refractivity contribution in [3.05, 3.63) is 71.8 Å². The highest BCUT2D eigenvalue weighted by Gasteiger charge is 2.29. The van der Waals surface area contributed by atoms with E-state index in [1.54, 1.807) is 24.4 Å². The fraction of sp³-hybridized carbons (Fsp3) is 0.118. The molecule has 5 heteroatoms. The molecule has 0 unspecified atom stereocenters. The lowest BCUT2D eigenvalue weighted by Gasteiger charge is -2.31. The van der Waals surface area contributed by atoms with Crippen LogP contribution in [0.25, 0.3) is 0 Å². The van der Waals surface area contributed by atoms with Gasteiger partial charge in [-0.15, -0.1) is 0 Å². The third-order valence-corrected chi connectivity index (χ3v) is 3.75. The van der Waals surface area contributed by atoms with Gasteiger partial charge in [0.2, 0.25) is 5.78 Å². The number of rotatable bonds is 2. The molecule has 0 fully saturated rings. The molecule has 0 amide bonds. The quantitative estimate of drug-likeness (QED) is 0.681. The van der Waals surface area contributed by atoms with E-state index >= 15 is 0 Å². The summed E-state index contributed by atoms with van der Waals surface area (Å²) in [5, 5.41) is 3.33. The number of hydrogen-bond donors (Lipinski definition) is 1. The first-order valence-corrected chi connectivity index (χ1v) is 7.18. The third-order valence-electron chi connectivity index (χ3n) is 3.75. The number of aromatic nitrogens is 1. The summed E-state index contributed by atoms with van der Waals surface area (Å²) in [6, 6.07) is 13.3. The number of pyridine rings is 1. The number of allylic oxidation sites excluding steroid dienone is 1. The Bertz CT molecular complexity index is 795. The second-order valence-corrected chi connectivity index (χ2v) is 5.14. The summed E-state index contributed by atoms with van der Waals surface area (Å²) in [5.41, 5.74) is 2.48. The zero-order valence-electron chi connectivity index (χ0n) is 11.9. The molecule has 0 saturated heterocycles. The molecule has 1 aromatic heterocycles. The fourth-order valence-corrected chi connectivity index (χ4v) is 2.73. The molecular formula is C17H14N4O. The van der Waals surface area contributed by atoms with Gasteiger partial charge < -0.3 is 10.2 Å². The molecule has 0 radical (unpaired) electrons. The maximum Gasteiger partial charge on any atom is 0.207 e. The number of ketones is 1. The topological polar surface area (TPSA) is 57.6 Å². The number of fused-ring (bicyclic) bond motifs is 3. The van der Waals surface area contributed by atoms with Crippen LogP contribution in [0, 0.1) is 0 Å². The molecule has 1 N–H and O–H groups in total. The predicted octanol–water partition coefficient (Wildman–Crippen LogP) is 2.29. The van der Waals surface area contributed by atoms with Gasteiger partial charge in [-0.25, -0.2) is 0 Å². The largest absolute Gasteiger partial charge is 0.341 e. The summed E-state index contributed by atoms with van der Waals surface area (Å²) >= 11 is 0. The van der Waals surface area contributed by atoms with Crippen molar-refractivity contribution in [1.29, 1.82) is 0 Å². The molecule has 0 bridgehead atoms. The Hall–Kier alpha value is -2.95. The second-order valence-electron chi connectivity index (χ2n) is 5.14. The molecular weight excluding hydrogens is 276 g/mol. The molecule has 22 heavy (non-hydrogen) atoms. The van der Waals surface area contributed by atoms with Crippen LogP contribution in [0.2, 0.25) is 0 Å². The summed E-state index contributed by atoms with van der Waals surface area (Å²) in [4.78, 5) is 23.1. The number of nitrogens with one attached hydrogen (secondary N) is 1. The number of hydrogen-bond acceptors (Lipinski definition) is 5. The number of anilines is 1. The lowest BCUT2D eigenvalue weighted by molar-refractivity contribution is 0.104. The number of aliphatic imine (C=N–C) groups is 1. The maximum atomic E-state index is 12.4. The molecule has 2 aromatic rings. The van der Waals surface area contributed by atoms with Crippen LogP contribution in [0.15, 0.2) is 65.6 Å². The average Bonchev–Trinajstić information content (AvgIpc) is 3.06. The van der Waals surface area contributed by atoms with Crippen molar-refractivity contribution in [1.82, 2.24) is 9.88 Å². The van der Waals surface area contributed by atoms with E-state index < -0.39 is 0 Å². The standard InChI is InChI=1S/C17H14N4O/c22-15(14-7-3-4-8-18-14)11-16-20-13-6-2-1-5-12(13)17-19-9-10-21(16)17/h1-8,11,20H,9-10H2/b16-11+. The van der Waals surface area contributed by atoms with Crippen LogP contribution in [0.1, 0.15) is 16.1 Å². The van der Waals surface area contributed by atoms with E-state index in [1.165, 1.54) is 0 Å². The number of amidine groups is 1. The average molecular weight is 290 g/mol. The van der Waals surface area contributed by atoms with Gasteiger partial charge >= 0.3 is 0 Å². The van der Waals surface area contributed by atoms with Crippen LogP contribution in [-0.4, -0.2) is 34.6 Å². The summed E-state index contributed by atoms with van der Waals surface area (Å²) in [7, 11) is 0. The molecule has 1 aromatic carbocycles. The highest BCUT2D eigenvalue weighted by atomic mass is 16.1. The van der Waals surface area contributed by atoms with Crippen molar-refractivity contribution >= 4 is 17.3 Å². The third kappa shape index (κ3) is 2.07. The van der Waals surface area contributed by atoms with Gasteiger partial charge in [0, 0.05) is 24.4 Å². The Kier molecular flexibility index (Phi) is 2.96. The van der Waals surface area contributed by atoms with Crippen LogP contribution >= 0.6 is 0 Å². The molecule has 0 saturated carbocycles. The highest BCUT2D eigenvalue weighted by molar-refractivity contribution is 6.09. The Morgan fingerprint density at radius 3 is 2.91 bits per heavy atom. The first-order valence-electron chi connectivity index (χ1n) is 7.18. The molecule has 0 atom stereocenters. The van der Waals surface area contributed by atoms with Crippen molar-refractivity contribution in [3.8, 4) is 0 Å². The van der Waals surface area contributed by atoms with E-state index in [0.717, 1.165) is 36.0 Å². The van der Waals surface area contributed by atoms with Gasteiger partial charge in [-0.2, -0.15) is 0 Å². The van der Waals surface area contributed by atoms with Crippen molar-refractivity contribution in [2.24, 2.45) is 4.99 Å². The van der Waals surface area contributed by atoms with Crippen molar-refractivity contribution in [2.75, 3.05) is 18.4 Å². The Morgan fingerprint density at radius 2 is 2.05 bits per heavy atom. The van der Waals surface area contributed by atoms with E-state index in [0.29, 0.717) is 5.69 Å². The number of nitrogens with zero attached hydrogens (tertiary/aromatic N) is 3. The van der Waals surface area contributed by atoms with Crippen LogP contribution in [0.5, 0.6) is 0 Å². The van der Waals surface area contributed by atoms with E-state index in [9.17, 15) is 4.79 Å². The summed E-state index contributed by atoms with van der Waals surface area (Å²) in [6.45, 7) is 1.51. The normalized spacial score (nSPS) is 17.5. The summed E-state index contributed by atoms with van der Waals surface area (Å²) in [6.07, 6.45) is 3.22. The van der Waals surface area contributed by atoms with E-state index in [4.69, 9.17) is 0 Å². The van der Waals surface area contributed by atoms with E-state index in [-0.39, 0.29) is 5.78 Å². The minimum Gasteiger partial charge on any atom is -0.341 e. The van der Waals surface area contributed by atoms with E-state index in [2.05, 4.69) is 15.3 Å². The summed E-state index contributed by atoms with van der Waals surface area (Å²) < 4.78 is 0. The zero-order chi connectivity index (χ0) is 14.9. The molecule has 3 heterocycles. The Morgan fingerprint density at radius 1 is 1.18 bits per heavy atom. The second kappa shape index (κ2) is 5.11. The van der Waals surface area contributed by atoms with Gasteiger partial charge in [-0.1, -0.05) is 18.2 Å². The molecule has 5 nitrogen and oxygen atoms in total. The smallest absolute Gasteiger partial charge is 0.207 e. The Balaban J connectivity index is 1.73. The fourth-order valence-electron chi connectivity index (χ4n) is 2.73. The Labute approximate surface area is 128 Å². The lowest BCUT2D eigenvalue weighted by Crippen LogP contribution is -2.36. The number of carbonyl (C=O) groups is 1. The SMILES string of the molecule is O=C(/C=C1\Nc2ccccc2C2=NCCN21)c1ccccn1. The van der Waals surface area contributed by atoms with Gasteiger partial charge in [0.25, 0.3) is 0 Å². The van der Waals surface area contributed by atoms with E-state index in [1.807, 2.05) is 35.2 Å². The van der Waals surface area contributed by atoms with Gasteiger partial charge in [-0.05, 0) is 24.3 Å². The highest BCUT2D eigenvalue weighted by Crippen LogP contribution is 2.29. The predicted molar refractivity (Wildman–Crippen MR) is 84.8 cm³/mol. The molecule has 2 aliphatic heterocycles. The van der Waals surface area contributed by atoms with Crippen molar-refractivity contribution < 1.29 is 4.79 Å². The first-order chi connectivity index (χ1) is 10.8. The number of benzene rings is 1. The molecule has 4 rings (SSSR count). The van der Waals surface area contributed by atoms with Crippen LogP contribution < -0.4 is 5.32 Å². The van der Waals surface area contributed by atoms with Gasteiger partial charge in [-0.3, -0.25) is 14.8 Å².